The van der Waals surface area contributed by atoms with Crippen molar-refractivity contribution in [1.29, 1.82) is 0 Å². The average molecular weight is 387 g/mol. The number of benzene rings is 1. The minimum Gasteiger partial charge on any atom is -0.492 e. The normalized spacial score (nSPS) is 11.3. The van der Waals surface area contributed by atoms with Gasteiger partial charge in [0.2, 0.25) is 5.91 Å². The number of likely N-dealkylation sites (N-methyl/N-ethyl adjacent to an activating group) is 2. The Bertz CT molecular complexity index is 713. The number of carbonyl (C=O) groups excluding carboxylic acids is 1. The standard InChI is InChI=1S/C22H30N2O2S/c1-4-6-11-24(5-2)17-19-8-7-9-21(15-19)26-13-12-23(3)22(25)16-20-10-14-27-18-20/h4,6-10,14-15,18H,5,11-13,16-17H2,1-3H3/b6-4+. The Balaban J connectivity index is 1.79. The van der Waals surface area contributed by atoms with E-state index >= 15 is 0 Å². The van der Waals surface area contributed by atoms with E-state index in [1.807, 2.05) is 42.9 Å². The highest BCUT2D eigenvalue weighted by Gasteiger charge is 2.10. The topological polar surface area (TPSA) is 32.8 Å². The summed E-state index contributed by atoms with van der Waals surface area (Å²) in [4.78, 5) is 16.3. The van der Waals surface area contributed by atoms with E-state index in [2.05, 4.69) is 36.1 Å². The van der Waals surface area contributed by atoms with Crippen molar-refractivity contribution < 1.29 is 9.53 Å². The van der Waals surface area contributed by atoms with Crippen molar-refractivity contribution in [2.75, 3.05) is 33.3 Å². The molecule has 0 atom stereocenters. The molecule has 4 nitrogen and oxygen atoms in total. The van der Waals surface area contributed by atoms with Crippen molar-refractivity contribution in [1.82, 2.24) is 9.80 Å². The Kier molecular flexibility index (Phi) is 9.08. The summed E-state index contributed by atoms with van der Waals surface area (Å²) in [7, 11) is 1.83. The van der Waals surface area contributed by atoms with E-state index < -0.39 is 0 Å². The van der Waals surface area contributed by atoms with Crippen LogP contribution >= 0.6 is 11.3 Å². The lowest BCUT2D eigenvalue weighted by Gasteiger charge is -2.19. The van der Waals surface area contributed by atoms with Crippen LogP contribution in [0.2, 0.25) is 0 Å². The highest BCUT2D eigenvalue weighted by Crippen LogP contribution is 2.15. The van der Waals surface area contributed by atoms with Gasteiger partial charge in [-0.1, -0.05) is 31.2 Å². The fourth-order valence-electron chi connectivity index (χ4n) is 2.68. The lowest BCUT2D eigenvalue weighted by Crippen LogP contribution is -2.32. The maximum atomic E-state index is 12.2. The summed E-state index contributed by atoms with van der Waals surface area (Å²) in [6, 6.07) is 10.2. The van der Waals surface area contributed by atoms with Crippen LogP contribution < -0.4 is 4.74 Å². The Morgan fingerprint density at radius 3 is 2.81 bits per heavy atom. The van der Waals surface area contributed by atoms with Crippen LogP contribution in [0.3, 0.4) is 0 Å². The molecule has 1 amide bonds. The Labute approximate surface area is 167 Å². The highest BCUT2D eigenvalue weighted by atomic mass is 32.1. The minimum atomic E-state index is 0.119. The molecule has 0 N–H and O–H groups in total. The van der Waals surface area contributed by atoms with E-state index in [-0.39, 0.29) is 5.91 Å². The molecule has 0 aliphatic rings. The van der Waals surface area contributed by atoms with Gasteiger partial charge in [0.25, 0.3) is 0 Å². The smallest absolute Gasteiger partial charge is 0.226 e. The number of hydrogen-bond acceptors (Lipinski definition) is 4. The van der Waals surface area contributed by atoms with Crippen LogP contribution in [0, 0.1) is 0 Å². The summed E-state index contributed by atoms with van der Waals surface area (Å²) >= 11 is 1.62. The number of allylic oxidation sites excluding steroid dienone is 1. The van der Waals surface area contributed by atoms with Crippen LogP contribution in [0.25, 0.3) is 0 Å². The molecule has 27 heavy (non-hydrogen) atoms. The van der Waals surface area contributed by atoms with Crippen LogP contribution in [0.15, 0.2) is 53.2 Å². The first kappa shape index (κ1) is 21.2. The van der Waals surface area contributed by atoms with Crippen molar-refractivity contribution in [3.05, 3.63) is 64.4 Å². The number of carbonyl (C=O) groups is 1. The molecule has 1 heterocycles. The fraction of sp³-hybridized carbons (Fsp3) is 0.409. The van der Waals surface area contributed by atoms with Gasteiger partial charge in [-0.15, -0.1) is 0 Å². The van der Waals surface area contributed by atoms with E-state index in [1.54, 1.807) is 16.2 Å². The van der Waals surface area contributed by atoms with Crippen molar-refractivity contribution in [2.24, 2.45) is 0 Å². The molecule has 0 bridgehead atoms. The zero-order valence-corrected chi connectivity index (χ0v) is 17.4. The van der Waals surface area contributed by atoms with Gasteiger partial charge in [-0.2, -0.15) is 11.3 Å². The molecule has 2 aromatic rings. The lowest BCUT2D eigenvalue weighted by atomic mass is 10.2. The Hall–Kier alpha value is -2.11. The molecule has 1 aromatic heterocycles. The molecule has 0 aliphatic carbocycles. The van der Waals surface area contributed by atoms with E-state index in [0.29, 0.717) is 19.6 Å². The monoisotopic (exact) mass is 386 g/mol. The summed E-state index contributed by atoms with van der Waals surface area (Å²) in [5.74, 6) is 0.974. The van der Waals surface area contributed by atoms with Crippen LogP contribution in [-0.4, -0.2) is 49.0 Å². The summed E-state index contributed by atoms with van der Waals surface area (Å²) in [6.45, 7) is 8.15. The summed E-state index contributed by atoms with van der Waals surface area (Å²) in [5.41, 5.74) is 2.31. The summed E-state index contributed by atoms with van der Waals surface area (Å²) in [5, 5.41) is 4.01. The zero-order chi connectivity index (χ0) is 19.5. The van der Waals surface area contributed by atoms with E-state index in [1.165, 1.54) is 5.56 Å². The molecule has 0 unspecified atom stereocenters. The number of ether oxygens (including phenoxy) is 1. The second-order valence-electron chi connectivity index (χ2n) is 6.52. The van der Waals surface area contributed by atoms with E-state index in [0.717, 1.165) is 30.9 Å². The molecule has 0 aliphatic heterocycles. The van der Waals surface area contributed by atoms with E-state index in [4.69, 9.17) is 4.74 Å². The van der Waals surface area contributed by atoms with Gasteiger partial charge in [0.15, 0.2) is 0 Å². The molecule has 0 saturated carbocycles. The first-order valence-electron chi connectivity index (χ1n) is 9.42. The SMILES string of the molecule is C/C=C/CN(CC)Cc1cccc(OCCN(C)C(=O)Cc2ccsc2)c1. The zero-order valence-electron chi connectivity index (χ0n) is 16.6. The van der Waals surface area contributed by atoms with Gasteiger partial charge in [-0.3, -0.25) is 9.69 Å². The molecule has 0 radical (unpaired) electrons. The van der Waals surface area contributed by atoms with Gasteiger partial charge in [0, 0.05) is 20.1 Å². The van der Waals surface area contributed by atoms with Gasteiger partial charge < -0.3 is 9.64 Å². The van der Waals surface area contributed by atoms with Crippen molar-refractivity contribution >= 4 is 17.2 Å². The molecule has 0 saturated heterocycles. The molecule has 0 spiro atoms. The van der Waals surface area contributed by atoms with Gasteiger partial charge in [0.05, 0.1) is 13.0 Å². The summed E-state index contributed by atoms with van der Waals surface area (Å²) < 4.78 is 5.87. The number of rotatable bonds is 11. The maximum Gasteiger partial charge on any atom is 0.226 e. The molecule has 0 fully saturated rings. The van der Waals surface area contributed by atoms with Gasteiger partial charge in [-0.05, 0) is 53.6 Å². The number of hydrogen-bond donors (Lipinski definition) is 0. The Morgan fingerprint density at radius 2 is 2.11 bits per heavy atom. The maximum absolute atomic E-state index is 12.2. The Morgan fingerprint density at radius 1 is 1.26 bits per heavy atom. The first-order chi connectivity index (χ1) is 13.1. The molecule has 5 heteroatoms. The van der Waals surface area contributed by atoms with Gasteiger partial charge >= 0.3 is 0 Å². The van der Waals surface area contributed by atoms with Gasteiger partial charge in [0.1, 0.15) is 12.4 Å². The second kappa shape index (κ2) is 11.6. The quantitative estimate of drug-likeness (QED) is 0.542. The minimum absolute atomic E-state index is 0.119. The predicted molar refractivity (Wildman–Crippen MR) is 113 cm³/mol. The lowest BCUT2D eigenvalue weighted by molar-refractivity contribution is -0.129. The van der Waals surface area contributed by atoms with Crippen LogP contribution in [0.4, 0.5) is 0 Å². The second-order valence-corrected chi connectivity index (χ2v) is 7.30. The van der Waals surface area contributed by atoms with Gasteiger partial charge in [-0.25, -0.2) is 0 Å². The third-order valence-electron chi connectivity index (χ3n) is 4.41. The molecular formula is C22H30N2O2S. The first-order valence-corrected chi connectivity index (χ1v) is 10.4. The van der Waals surface area contributed by atoms with E-state index in [9.17, 15) is 4.79 Å². The fourth-order valence-corrected chi connectivity index (χ4v) is 3.35. The molecule has 2 rings (SSSR count). The van der Waals surface area contributed by atoms with Crippen molar-refractivity contribution in [3.8, 4) is 5.75 Å². The average Bonchev–Trinajstić information content (AvgIpc) is 3.18. The molecular weight excluding hydrogens is 356 g/mol. The highest BCUT2D eigenvalue weighted by molar-refractivity contribution is 7.08. The van der Waals surface area contributed by atoms with Crippen LogP contribution in [0.5, 0.6) is 5.75 Å². The number of nitrogens with zero attached hydrogens (tertiary/aromatic N) is 2. The number of thiophene rings is 1. The number of amides is 1. The predicted octanol–water partition coefficient (Wildman–Crippen LogP) is 4.23. The van der Waals surface area contributed by atoms with Crippen LogP contribution in [-0.2, 0) is 17.8 Å². The van der Waals surface area contributed by atoms with Crippen LogP contribution in [0.1, 0.15) is 25.0 Å². The molecule has 146 valence electrons. The summed E-state index contributed by atoms with van der Waals surface area (Å²) in [6.07, 6.45) is 4.71. The van der Waals surface area contributed by atoms with Crippen molar-refractivity contribution in [2.45, 2.75) is 26.8 Å². The third kappa shape index (κ3) is 7.57. The van der Waals surface area contributed by atoms with Crippen molar-refractivity contribution in [3.63, 3.8) is 0 Å². The molecule has 1 aromatic carbocycles. The third-order valence-corrected chi connectivity index (χ3v) is 5.14. The largest absolute Gasteiger partial charge is 0.492 e.